The fraction of sp³-hybridized carbons (Fsp3) is 0.231. The standard InChI is InChI=1S/C26H25N/c1-18-8-6-7-11-23(18)21-12-13-22-17-27-16-19(2)24(15-26(27)25(22)14-21)20-9-4-3-5-10-20/h3-7,9-16,18,26H,8,17H2,1-2H3. The van der Waals surface area contributed by atoms with E-state index >= 15 is 0 Å². The van der Waals surface area contributed by atoms with E-state index in [2.05, 4.69) is 97.8 Å². The fourth-order valence-corrected chi connectivity index (χ4v) is 4.65. The normalized spacial score (nSPS) is 23.3. The van der Waals surface area contributed by atoms with E-state index in [0.29, 0.717) is 12.0 Å². The van der Waals surface area contributed by atoms with Crippen LogP contribution >= 0.6 is 0 Å². The van der Waals surface area contributed by atoms with Gasteiger partial charge in [-0.1, -0.05) is 67.6 Å². The third kappa shape index (κ3) is 2.78. The summed E-state index contributed by atoms with van der Waals surface area (Å²) in [5, 5.41) is 0. The first-order chi connectivity index (χ1) is 13.2. The van der Waals surface area contributed by atoms with Crippen LogP contribution in [-0.2, 0) is 6.54 Å². The number of benzene rings is 2. The maximum Gasteiger partial charge on any atom is 0.0737 e. The molecule has 1 aliphatic carbocycles. The third-order valence-corrected chi connectivity index (χ3v) is 6.13. The summed E-state index contributed by atoms with van der Waals surface area (Å²) in [4.78, 5) is 2.48. The molecule has 27 heavy (non-hydrogen) atoms. The van der Waals surface area contributed by atoms with Gasteiger partial charge in [0.2, 0.25) is 0 Å². The monoisotopic (exact) mass is 351 g/mol. The number of fused-ring (bicyclic) bond motifs is 3. The second kappa shape index (κ2) is 6.42. The predicted molar refractivity (Wildman–Crippen MR) is 114 cm³/mol. The Bertz CT molecular complexity index is 1000. The lowest BCUT2D eigenvalue weighted by molar-refractivity contribution is 0.348. The molecule has 0 spiro atoms. The Morgan fingerprint density at radius 3 is 2.67 bits per heavy atom. The zero-order valence-electron chi connectivity index (χ0n) is 16.0. The molecular formula is C26H25N. The maximum absolute atomic E-state index is 2.48. The van der Waals surface area contributed by atoms with E-state index in [4.69, 9.17) is 0 Å². The molecule has 2 heterocycles. The lowest BCUT2D eigenvalue weighted by Gasteiger charge is -2.28. The molecule has 5 rings (SSSR count). The van der Waals surface area contributed by atoms with Gasteiger partial charge in [-0.15, -0.1) is 0 Å². The molecular weight excluding hydrogens is 326 g/mol. The summed E-state index contributed by atoms with van der Waals surface area (Å²) in [7, 11) is 0. The number of hydrogen-bond donors (Lipinski definition) is 0. The molecule has 0 radical (unpaired) electrons. The fourth-order valence-electron chi connectivity index (χ4n) is 4.65. The lowest BCUT2D eigenvalue weighted by atomic mass is 9.86. The highest BCUT2D eigenvalue weighted by Crippen LogP contribution is 2.43. The molecule has 1 nitrogen and oxygen atoms in total. The van der Waals surface area contributed by atoms with Gasteiger partial charge in [0.25, 0.3) is 0 Å². The van der Waals surface area contributed by atoms with Gasteiger partial charge in [-0.25, -0.2) is 0 Å². The van der Waals surface area contributed by atoms with Gasteiger partial charge in [-0.05, 0) is 70.4 Å². The molecule has 0 saturated heterocycles. The van der Waals surface area contributed by atoms with Gasteiger partial charge in [0.1, 0.15) is 0 Å². The first kappa shape index (κ1) is 16.4. The molecule has 2 atom stereocenters. The highest BCUT2D eigenvalue weighted by atomic mass is 15.2. The van der Waals surface area contributed by atoms with Gasteiger partial charge in [0, 0.05) is 12.7 Å². The number of rotatable bonds is 2. The Hall–Kier alpha value is -2.80. The van der Waals surface area contributed by atoms with Crippen LogP contribution in [0.1, 0.15) is 48.6 Å². The van der Waals surface area contributed by atoms with Crippen LogP contribution in [0.25, 0.3) is 11.1 Å². The SMILES string of the molecule is CC1=CN2Cc3ccc(C4=CC=CCC4C)cc3C2C=C1c1ccccc1. The highest BCUT2D eigenvalue weighted by Gasteiger charge is 2.31. The maximum atomic E-state index is 2.48. The van der Waals surface area contributed by atoms with Crippen LogP contribution in [0.2, 0.25) is 0 Å². The van der Waals surface area contributed by atoms with Crippen LogP contribution in [0.4, 0.5) is 0 Å². The van der Waals surface area contributed by atoms with E-state index in [-0.39, 0.29) is 0 Å². The minimum atomic E-state index is 0.342. The van der Waals surface area contributed by atoms with Crippen molar-refractivity contribution in [2.45, 2.75) is 32.9 Å². The van der Waals surface area contributed by atoms with Gasteiger partial charge in [0.05, 0.1) is 6.04 Å². The van der Waals surface area contributed by atoms with Crippen LogP contribution < -0.4 is 0 Å². The Morgan fingerprint density at radius 1 is 1.00 bits per heavy atom. The van der Waals surface area contributed by atoms with E-state index in [0.717, 1.165) is 13.0 Å². The minimum absolute atomic E-state index is 0.342. The van der Waals surface area contributed by atoms with Crippen molar-refractivity contribution in [2.75, 3.05) is 0 Å². The van der Waals surface area contributed by atoms with Crippen LogP contribution in [0.15, 0.2) is 84.6 Å². The molecule has 3 aliphatic rings. The second-order valence-electron chi connectivity index (χ2n) is 7.98. The molecule has 2 unspecified atom stereocenters. The van der Waals surface area contributed by atoms with Crippen molar-refractivity contribution in [1.82, 2.24) is 4.90 Å². The molecule has 0 amide bonds. The summed E-state index contributed by atoms with van der Waals surface area (Å²) >= 11 is 0. The number of allylic oxidation sites excluding steroid dienone is 6. The Kier molecular flexibility index (Phi) is 3.89. The highest BCUT2D eigenvalue weighted by molar-refractivity contribution is 5.80. The van der Waals surface area contributed by atoms with Crippen molar-refractivity contribution < 1.29 is 0 Å². The largest absolute Gasteiger partial charge is 0.362 e. The smallest absolute Gasteiger partial charge is 0.0737 e. The number of nitrogens with zero attached hydrogens (tertiary/aromatic N) is 1. The van der Waals surface area contributed by atoms with Crippen molar-refractivity contribution in [1.29, 1.82) is 0 Å². The van der Waals surface area contributed by atoms with E-state index in [1.54, 1.807) is 0 Å². The van der Waals surface area contributed by atoms with E-state index in [9.17, 15) is 0 Å². The topological polar surface area (TPSA) is 3.24 Å². The molecule has 0 saturated carbocycles. The van der Waals surface area contributed by atoms with Crippen molar-refractivity contribution in [3.8, 4) is 0 Å². The average Bonchev–Trinajstić information content (AvgIpc) is 3.05. The third-order valence-electron chi connectivity index (χ3n) is 6.13. The van der Waals surface area contributed by atoms with E-state index < -0.39 is 0 Å². The molecule has 0 fully saturated rings. The van der Waals surface area contributed by atoms with Gasteiger partial charge in [-0.3, -0.25) is 0 Å². The molecule has 0 aromatic heterocycles. The summed E-state index contributed by atoms with van der Waals surface area (Å²) in [5.74, 6) is 0.592. The van der Waals surface area contributed by atoms with Crippen LogP contribution in [0.3, 0.4) is 0 Å². The molecule has 0 bridgehead atoms. The van der Waals surface area contributed by atoms with E-state index in [1.807, 2.05) is 0 Å². The molecule has 2 aromatic rings. The summed E-state index contributed by atoms with van der Waals surface area (Å²) in [6, 6.07) is 18.2. The molecule has 2 aliphatic heterocycles. The summed E-state index contributed by atoms with van der Waals surface area (Å²) in [6.07, 6.45) is 12.7. The lowest BCUT2D eigenvalue weighted by Crippen LogP contribution is -2.18. The zero-order chi connectivity index (χ0) is 18.4. The van der Waals surface area contributed by atoms with Crippen LogP contribution in [0.5, 0.6) is 0 Å². The zero-order valence-corrected chi connectivity index (χ0v) is 16.0. The molecule has 2 aromatic carbocycles. The Balaban J connectivity index is 1.57. The second-order valence-corrected chi connectivity index (χ2v) is 7.98. The average molecular weight is 351 g/mol. The van der Waals surface area contributed by atoms with Crippen molar-refractivity contribution in [3.05, 3.63) is 107 Å². The number of hydrogen-bond acceptors (Lipinski definition) is 1. The Morgan fingerprint density at radius 2 is 1.85 bits per heavy atom. The summed E-state index contributed by atoms with van der Waals surface area (Å²) < 4.78 is 0. The van der Waals surface area contributed by atoms with Crippen molar-refractivity contribution >= 4 is 11.1 Å². The first-order valence-electron chi connectivity index (χ1n) is 9.92. The summed E-state index contributed by atoms with van der Waals surface area (Å²) in [5.41, 5.74) is 9.79. The first-order valence-corrected chi connectivity index (χ1v) is 9.92. The van der Waals surface area contributed by atoms with Gasteiger partial charge >= 0.3 is 0 Å². The van der Waals surface area contributed by atoms with Crippen molar-refractivity contribution in [3.63, 3.8) is 0 Å². The quantitative estimate of drug-likeness (QED) is 0.595. The minimum Gasteiger partial charge on any atom is -0.362 e. The molecule has 0 N–H and O–H groups in total. The van der Waals surface area contributed by atoms with Crippen molar-refractivity contribution in [2.24, 2.45) is 5.92 Å². The van der Waals surface area contributed by atoms with Gasteiger partial charge < -0.3 is 4.90 Å². The molecule has 134 valence electrons. The van der Waals surface area contributed by atoms with Gasteiger partial charge in [0.15, 0.2) is 0 Å². The Labute approximate surface area is 162 Å². The summed E-state index contributed by atoms with van der Waals surface area (Å²) in [6.45, 7) is 5.56. The van der Waals surface area contributed by atoms with Crippen LogP contribution in [-0.4, -0.2) is 4.90 Å². The van der Waals surface area contributed by atoms with Gasteiger partial charge in [-0.2, -0.15) is 0 Å². The molecule has 1 heteroatoms. The van der Waals surface area contributed by atoms with E-state index in [1.165, 1.54) is 39.0 Å². The predicted octanol–water partition coefficient (Wildman–Crippen LogP) is 6.52. The van der Waals surface area contributed by atoms with Crippen LogP contribution in [0, 0.1) is 5.92 Å².